The number of nitrogens with zero attached hydrogens (tertiary/aromatic N) is 1. The first-order chi connectivity index (χ1) is 4.29. The zero-order valence-corrected chi connectivity index (χ0v) is 5.89. The van der Waals surface area contributed by atoms with Crippen LogP contribution in [-0.2, 0) is 0 Å². The highest BCUT2D eigenvalue weighted by Gasteiger charge is 2.30. The second kappa shape index (κ2) is 2.23. The summed E-state index contributed by atoms with van der Waals surface area (Å²) in [6.45, 7) is 4.16. The van der Waals surface area contributed by atoms with E-state index in [-0.39, 0.29) is 0 Å². The maximum absolute atomic E-state index is 8.49. The van der Waals surface area contributed by atoms with Crippen LogP contribution in [0.1, 0.15) is 20.3 Å². The van der Waals surface area contributed by atoms with Gasteiger partial charge in [-0.25, -0.2) is 0 Å². The van der Waals surface area contributed by atoms with Crippen molar-refractivity contribution in [2.75, 3.05) is 0 Å². The van der Waals surface area contributed by atoms with Crippen molar-refractivity contribution in [2.45, 2.75) is 20.3 Å². The Morgan fingerprint density at radius 3 is 2.78 bits per heavy atom. The quantitative estimate of drug-likeness (QED) is 0.450. The van der Waals surface area contributed by atoms with Gasteiger partial charge in [0.2, 0.25) is 0 Å². The molecule has 0 heterocycles. The second-order valence-corrected chi connectivity index (χ2v) is 2.59. The molecule has 2 atom stereocenters. The third-order valence-electron chi connectivity index (χ3n) is 2.18. The highest BCUT2D eigenvalue weighted by atomic mass is 14.4. The summed E-state index contributed by atoms with van der Waals surface area (Å²) in [7, 11) is 0. The molecule has 48 valence electrons. The van der Waals surface area contributed by atoms with Gasteiger partial charge in [-0.1, -0.05) is 18.6 Å². The van der Waals surface area contributed by atoms with E-state index >= 15 is 0 Å². The molecule has 0 spiro atoms. The lowest BCUT2D eigenvalue weighted by Gasteiger charge is -2.31. The van der Waals surface area contributed by atoms with E-state index in [2.05, 4.69) is 19.1 Å². The average molecular weight is 121 g/mol. The van der Waals surface area contributed by atoms with Gasteiger partial charge in [0, 0.05) is 0 Å². The van der Waals surface area contributed by atoms with Crippen molar-refractivity contribution in [2.24, 2.45) is 11.8 Å². The Morgan fingerprint density at radius 2 is 2.44 bits per heavy atom. The topological polar surface area (TPSA) is 23.8 Å². The van der Waals surface area contributed by atoms with E-state index < -0.39 is 0 Å². The molecule has 0 aromatic heterocycles. The van der Waals surface area contributed by atoms with Crippen LogP contribution in [0.4, 0.5) is 0 Å². The fraction of sp³-hybridized carbons (Fsp3) is 0.625. The summed E-state index contributed by atoms with van der Waals surface area (Å²) in [6, 6.07) is 2.27. The van der Waals surface area contributed by atoms with Crippen LogP contribution in [0.15, 0.2) is 11.6 Å². The van der Waals surface area contributed by atoms with Gasteiger partial charge in [0.1, 0.15) is 0 Å². The van der Waals surface area contributed by atoms with Crippen LogP contribution in [-0.4, -0.2) is 0 Å². The van der Waals surface area contributed by atoms with E-state index in [9.17, 15) is 0 Å². The molecule has 0 aromatic carbocycles. The van der Waals surface area contributed by atoms with Gasteiger partial charge in [-0.05, 0) is 19.3 Å². The zero-order chi connectivity index (χ0) is 6.85. The van der Waals surface area contributed by atoms with Gasteiger partial charge in [-0.3, -0.25) is 0 Å². The molecule has 0 unspecified atom stereocenters. The average Bonchev–Trinajstić information content (AvgIpc) is 1.87. The zero-order valence-electron chi connectivity index (χ0n) is 5.89. The first-order valence-electron chi connectivity index (χ1n) is 3.34. The molecular formula is C8H11N. The Bertz CT molecular complexity index is 173. The Hall–Kier alpha value is -0.770. The highest BCUT2D eigenvalue weighted by Crippen LogP contribution is 2.38. The standard InChI is InChI=1S/C8H11N/c1-3-7-4-8(5-9)6(7)2/h3,6,8H,4H2,1-2H3/b7-3-/t6-,8+/m0/s1. The van der Waals surface area contributed by atoms with Gasteiger partial charge in [0.05, 0.1) is 12.0 Å². The lowest BCUT2D eigenvalue weighted by atomic mass is 9.71. The maximum atomic E-state index is 8.49. The minimum Gasteiger partial charge on any atom is -0.198 e. The number of nitriles is 1. The van der Waals surface area contributed by atoms with Crippen LogP contribution >= 0.6 is 0 Å². The molecule has 1 rings (SSSR count). The number of allylic oxidation sites excluding steroid dienone is 2. The second-order valence-electron chi connectivity index (χ2n) is 2.59. The Labute approximate surface area is 56.0 Å². The van der Waals surface area contributed by atoms with Crippen molar-refractivity contribution in [1.29, 1.82) is 5.26 Å². The minimum atomic E-state index is 0.302. The molecular weight excluding hydrogens is 110 g/mol. The van der Waals surface area contributed by atoms with E-state index in [1.807, 2.05) is 6.92 Å². The van der Waals surface area contributed by atoms with Crippen LogP contribution in [0.2, 0.25) is 0 Å². The first-order valence-corrected chi connectivity index (χ1v) is 3.34. The molecule has 0 bridgehead atoms. The monoisotopic (exact) mass is 121 g/mol. The third-order valence-corrected chi connectivity index (χ3v) is 2.18. The van der Waals surface area contributed by atoms with E-state index in [4.69, 9.17) is 5.26 Å². The number of hydrogen-bond acceptors (Lipinski definition) is 1. The van der Waals surface area contributed by atoms with Crippen LogP contribution in [0.25, 0.3) is 0 Å². The van der Waals surface area contributed by atoms with Crippen molar-refractivity contribution < 1.29 is 0 Å². The molecule has 1 aliphatic rings. The minimum absolute atomic E-state index is 0.302. The van der Waals surface area contributed by atoms with E-state index in [0.29, 0.717) is 11.8 Å². The van der Waals surface area contributed by atoms with Gasteiger partial charge in [-0.15, -0.1) is 0 Å². The van der Waals surface area contributed by atoms with Crippen LogP contribution < -0.4 is 0 Å². The predicted molar refractivity (Wildman–Crippen MR) is 36.6 cm³/mol. The van der Waals surface area contributed by atoms with Crippen molar-refractivity contribution in [1.82, 2.24) is 0 Å². The summed E-state index contributed by atoms with van der Waals surface area (Å²) < 4.78 is 0. The lowest BCUT2D eigenvalue weighted by Crippen LogP contribution is -2.24. The number of hydrogen-bond donors (Lipinski definition) is 0. The summed E-state index contributed by atoms with van der Waals surface area (Å²) in [5.74, 6) is 0.830. The van der Waals surface area contributed by atoms with E-state index in [1.54, 1.807) is 0 Å². The fourth-order valence-electron chi connectivity index (χ4n) is 1.25. The fourth-order valence-corrected chi connectivity index (χ4v) is 1.25. The molecule has 1 fully saturated rings. The van der Waals surface area contributed by atoms with Crippen LogP contribution in [0.5, 0.6) is 0 Å². The van der Waals surface area contributed by atoms with Crippen molar-refractivity contribution >= 4 is 0 Å². The van der Waals surface area contributed by atoms with Gasteiger partial charge in [-0.2, -0.15) is 5.26 Å². The molecule has 0 radical (unpaired) electrons. The predicted octanol–water partition coefficient (Wildman–Crippen LogP) is 2.11. The summed E-state index contributed by atoms with van der Waals surface area (Å²) >= 11 is 0. The third kappa shape index (κ3) is 0.853. The smallest absolute Gasteiger partial charge is 0.0665 e. The summed E-state index contributed by atoms with van der Waals surface area (Å²) in [5, 5.41) is 8.49. The summed E-state index contributed by atoms with van der Waals surface area (Å²) in [5.41, 5.74) is 1.45. The van der Waals surface area contributed by atoms with E-state index in [0.717, 1.165) is 6.42 Å². The number of rotatable bonds is 0. The van der Waals surface area contributed by atoms with Crippen molar-refractivity contribution in [3.05, 3.63) is 11.6 Å². The molecule has 1 aliphatic carbocycles. The Balaban J connectivity index is 2.54. The largest absolute Gasteiger partial charge is 0.198 e. The summed E-state index contributed by atoms with van der Waals surface area (Å²) in [6.07, 6.45) is 3.13. The summed E-state index contributed by atoms with van der Waals surface area (Å²) in [4.78, 5) is 0. The van der Waals surface area contributed by atoms with Gasteiger partial charge in [0.15, 0.2) is 0 Å². The van der Waals surface area contributed by atoms with Gasteiger partial charge < -0.3 is 0 Å². The molecule has 0 aliphatic heterocycles. The van der Waals surface area contributed by atoms with E-state index in [1.165, 1.54) is 5.57 Å². The normalized spacial score (nSPS) is 37.7. The Kier molecular flexibility index (Phi) is 1.57. The molecule has 9 heavy (non-hydrogen) atoms. The van der Waals surface area contributed by atoms with Gasteiger partial charge in [0.25, 0.3) is 0 Å². The molecule has 1 saturated carbocycles. The molecule has 0 aromatic rings. The first kappa shape index (κ1) is 6.35. The van der Waals surface area contributed by atoms with Gasteiger partial charge >= 0.3 is 0 Å². The van der Waals surface area contributed by atoms with Crippen LogP contribution in [0, 0.1) is 23.2 Å². The molecule has 1 heteroatoms. The molecule has 0 saturated heterocycles. The highest BCUT2D eigenvalue weighted by molar-refractivity contribution is 5.21. The molecule has 0 N–H and O–H groups in total. The molecule has 1 nitrogen and oxygen atoms in total. The lowest BCUT2D eigenvalue weighted by molar-refractivity contribution is 0.376. The van der Waals surface area contributed by atoms with Crippen LogP contribution in [0.3, 0.4) is 0 Å². The SMILES string of the molecule is C/C=C1/C[C@H](C#N)[C@H]1C. The van der Waals surface area contributed by atoms with Crippen molar-refractivity contribution in [3.63, 3.8) is 0 Å². The Morgan fingerprint density at radius 1 is 1.78 bits per heavy atom. The molecule has 0 amide bonds. The maximum Gasteiger partial charge on any atom is 0.0665 e. The van der Waals surface area contributed by atoms with Crippen molar-refractivity contribution in [3.8, 4) is 6.07 Å².